The quantitative estimate of drug-likeness (QED) is 0.370. The number of hydrogen-bond donors (Lipinski definition) is 1. The molecule has 4 aromatic rings. The minimum atomic E-state index is -0.132. The summed E-state index contributed by atoms with van der Waals surface area (Å²) in [6.45, 7) is 6.40. The number of carbonyl (C=O) groups is 1. The van der Waals surface area contributed by atoms with E-state index in [-0.39, 0.29) is 17.6 Å². The molecule has 6 rings (SSSR count). The van der Waals surface area contributed by atoms with Crippen molar-refractivity contribution in [3.8, 4) is 5.69 Å². The number of hydrogen-bond acceptors (Lipinski definition) is 6. The van der Waals surface area contributed by atoms with Gasteiger partial charge < -0.3 is 15.1 Å². The highest BCUT2D eigenvalue weighted by atomic mass is 35.5. The standard InChI is InChI=1S/C31H36ClN7O2/c1-21-26(17-23(32)18-33-21)30(40)35-24-9-7-22(8-10-24)20-38-27-5-3-4-6-28(27)39(31(38)41)25-11-12-29(34-19-25)37-15-13-36(2)14-16-37/h3-6,11-12,17-19,22,24H,7-10,13-16,20H2,1-2H3,(H,35,40)/t22-,24-. The molecule has 214 valence electrons. The monoisotopic (exact) mass is 573 g/mol. The van der Waals surface area contributed by atoms with Crippen LogP contribution >= 0.6 is 11.6 Å². The molecular weight excluding hydrogens is 538 g/mol. The van der Waals surface area contributed by atoms with Crippen LogP contribution in [0.15, 0.2) is 59.7 Å². The zero-order valence-electron chi connectivity index (χ0n) is 23.6. The van der Waals surface area contributed by atoms with Crippen molar-refractivity contribution in [1.82, 2.24) is 29.3 Å². The first-order chi connectivity index (χ1) is 19.9. The number of benzene rings is 1. The predicted octanol–water partition coefficient (Wildman–Crippen LogP) is 4.28. The highest BCUT2D eigenvalue weighted by Gasteiger charge is 2.26. The molecule has 1 saturated carbocycles. The number of likely N-dealkylation sites (N-methyl/N-ethyl adjacent to an activating group) is 1. The van der Waals surface area contributed by atoms with Crippen LogP contribution in [0.25, 0.3) is 16.7 Å². The second-order valence-corrected chi connectivity index (χ2v) is 11.8. The summed E-state index contributed by atoms with van der Waals surface area (Å²) in [7, 11) is 2.14. The predicted molar refractivity (Wildman–Crippen MR) is 162 cm³/mol. The zero-order valence-corrected chi connectivity index (χ0v) is 24.3. The molecule has 3 aromatic heterocycles. The van der Waals surface area contributed by atoms with Crippen LogP contribution in [0.3, 0.4) is 0 Å². The number of aromatic nitrogens is 4. The Bertz CT molecular complexity index is 1600. The summed E-state index contributed by atoms with van der Waals surface area (Å²) in [5.74, 6) is 1.17. The maximum Gasteiger partial charge on any atom is 0.333 e. The van der Waals surface area contributed by atoms with Crippen LogP contribution in [0.4, 0.5) is 5.82 Å². The Kier molecular flexibility index (Phi) is 7.81. The number of amides is 1. The Labute approximate surface area is 244 Å². The summed E-state index contributed by atoms with van der Waals surface area (Å²) < 4.78 is 3.69. The van der Waals surface area contributed by atoms with E-state index >= 15 is 0 Å². The van der Waals surface area contributed by atoms with Crippen molar-refractivity contribution in [3.05, 3.63) is 81.6 Å². The first-order valence-corrected chi connectivity index (χ1v) is 14.8. The lowest BCUT2D eigenvalue weighted by Gasteiger charge is -2.33. The van der Waals surface area contributed by atoms with Crippen molar-refractivity contribution in [2.24, 2.45) is 5.92 Å². The number of para-hydroxylation sites is 2. The van der Waals surface area contributed by atoms with Gasteiger partial charge in [-0.05, 0) is 75.9 Å². The topological polar surface area (TPSA) is 88.3 Å². The lowest BCUT2D eigenvalue weighted by atomic mass is 9.85. The minimum absolute atomic E-state index is 0.0419. The van der Waals surface area contributed by atoms with Crippen LogP contribution in [-0.2, 0) is 6.54 Å². The average Bonchev–Trinajstić information content (AvgIpc) is 3.26. The second kappa shape index (κ2) is 11.7. The number of pyridine rings is 2. The Morgan fingerprint density at radius 2 is 1.71 bits per heavy atom. The normalized spacial score (nSPS) is 19.9. The van der Waals surface area contributed by atoms with Crippen LogP contribution in [-0.4, -0.2) is 69.2 Å². The second-order valence-electron chi connectivity index (χ2n) is 11.4. The van der Waals surface area contributed by atoms with E-state index in [9.17, 15) is 9.59 Å². The number of aryl methyl sites for hydroxylation is 1. The molecule has 4 heterocycles. The molecule has 0 unspecified atom stereocenters. The maximum atomic E-state index is 13.8. The van der Waals surface area contributed by atoms with Crippen molar-refractivity contribution in [3.63, 3.8) is 0 Å². The van der Waals surface area contributed by atoms with E-state index in [1.165, 1.54) is 0 Å². The fourth-order valence-corrected chi connectivity index (χ4v) is 6.27. The Morgan fingerprint density at radius 3 is 2.41 bits per heavy atom. The SMILES string of the molecule is Cc1ncc(Cl)cc1C(=O)N[C@H]1CC[C@H](Cn2c(=O)n(-c3ccc(N4CCN(C)CC4)nc3)c3ccccc32)CC1. The first-order valence-electron chi connectivity index (χ1n) is 14.4. The summed E-state index contributed by atoms with van der Waals surface area (Å²) >= 11 is 6.06. The molecule has 0 atom stereocenters. The Hall–Kier alpha value is -3.69. The van der Waals surface area contributed by atoms with E-state index in [4.69, 9.17) is 16.6 Å². The van der Waals surface area contributed by atoms with Gasteiger partial charge in [-0.3, -0.25) is 18.9 Å². The van der Waals surface area contributed by atoms with E-state index in [1.807, 2.05) is 54.1 Å². The molecule has 9 nitrogen and oxygen atoms in total. The van der Waals surface area contributed by atoms with E-state index in [2.05, 4.69) is 27.1 Å². The number of anilines is 1. The van der Waals surface area contributed by atoms with Crippen molar-refractivity contribution < 1.29 is 4.79 Å². The van der Waals surface area contributed by atoms with Gasteiger partial charge in [0.15, 0.2) is 0 Å². The maximum absolute atomic E-state index is 13.8. The molecular formula is C31H36ClN7O2. The van der Waals surface area contributed by atoms with E-state index < -0.39 is 0 Å². The van der Waals surface area contributed by atoms with Gasteiger partial charge in [-0.1, -0.05) is 23.7 Å². The summed E-state index contributed by atoms with van der Waals surface area (Å²) in [5.41, 5.74) is 3.74. The molecule has 2 aliphatic rings. The van der Waals surface area contributed by atoms with Crippen LogP contribution in [0, 0.1) is 12.8 Å². The van der Waals surface area contributed by atoms with E-state index in [0.29, 0.717) is 28.7 Å². The highest BCUT2D eigenvalue weighted by molar-refractivity contribution is 6.30. The number of piperazine rings is 1. The summed E-state index contributed by atoms with van der Waals surface area (Å²) in [6.07, 6.45) is 6.98. The number of imidazole rings is 1. The van der Waals surface area contributed by atoms with Gasteiger partial charge in [-0.15, -0.1) is 0 Å². The van der Waals surface area contributed by atoms with Crippen LogP contribution < -0.4 is 15.9 Å². The molecule has 1 N–H and O–H groups in total. The number of halogens is 1. The summed E-state index contributed by atoms with van der Waals surface area (Å²) in [4.78, 5) is 40.2. The highest BCUT2D eigenvalue weighted by Crippen LogP contribution is 2.28. The van der Waals surface area contributed by atoms with Crippen LogP contribution in [0.1, 0.15) is 41.7 Å². The molecule has 0 bridgehead atoms. The van der Waals surface area contributed by atoms with Gasteiger partial charge in [0.1, 0.15) is 5.82 Å². The van der Waals surface area contributed by atoms with Gasteiger partial charge >= 0.3 is 5.69 Å². The van der Waals surface area contributed by atoms with Crippen molar-refractivity contribution in [2.45, 2.75) is 45.2 Å². The lowest BCUT2D eigenvalue weighted by molar-refractivity contribution is 0.0919. The third-order valence-corrected chi connectivity index (χ3v) is 8.78. The molecule has 1 aliphatic carbocycles. The summed E-state index contributed by atoms with van der Waals surface area (Å²) in [6, 6.07) is 13.8. The van der Waals surface area contributed by atoms with Gasteiger partial charge in [0.25, 0.3) is 5.91 Å². The number of rotatable bonds is 6. The van der Waals surface area contributed by atoms with Crippen LogP contribution in [0.5, 0.6) is 0 Å². The number of nitrogens with zero attached hydrogens (tertiary/aromatic N) is 6. The zero-order chi connectivity index (χ0) is 28.5. The van der Waals surface area contributed by atoms with Gasteiger partial charge in [-0.2, -0.15) is 0 Å². The van der Waals surface area contributed by atoms with Gasteiger partial charge in [0.05, 0.1) is 39.2 Å². The first kappa shape index (κ1) is 27.5. The molecule has 0 radical (unpaired) electrons. The van der Waals surface area contributed by atoms with Gasteiger partial charge in [0, 0.05) is 45.0 Å². The Morgan fingerprint density at radius 1 is 0.976 bits per heavy atom. The largest absolute Gasteiger partial charge is 0.354 e. The molecule has 1 aliphatic heterocycles. The lowest BCUT2D eigenvalue weighted by Crippen LogP contribution is -2.44. The van der Waals surface area contributed by atoms with E-state index in [0.717, 1.165) is 74.4 Å². The third-order valence-electron chi connectivity index (χ3n) is 8.57. The van der Waals surface area contributed by atoms with Crippen molar-refractivity contribution in [2.75, 3.05) is 38.1 Å². The number of nitrogens with one attached hydrogen (secondary N) is 1. The Balaban J connectivity index is 1.15. The fraction of sp³-hybridized carbons (Fsp3) is 0.419. The average molecular weight is 574 g/mol. The van der Waals surface area contributed by atoms with Gasteiger partial charge in [0.2, 0.25) is 0 Å². The van der Waals surface area contributed by atoms with Gasteiger partial charge in [-0.25, -0.2) is 9.78 Å². The molecule has 10 heteroatoms. The van der Waals surface area contributed by atoms with Crippen LogP contribution in [0.2, 0.25) is 5.02 Å². The molecule has 0 spiro atoms. The van der Waals surface area contributed by atoms with Crippen molar-refractivity contribution in [1.29, 1.82) is 0 Å². The molecule has 1 amide bonds. The minimum Gasteiger partial charge on any atom is -0.354 e. The smallest absolute Gasteiger partial charge is 0.333 e. The molecule has 1 saturated heterocycles. The fourth-order valence-electron chi connectivity index (χ4n) is 6.12. The molecule has 41 heavy (non-hydrogen) atoms. The number of carbonyl (C=O) groups excluding carboxylic acids is 1. The third kappa shape index (κ3) is 5.74. The van der Waals surface area contributed by atoms with E-state index in [1.54, 1.807) is 16.8 Å². The number of fused-ring (bicyclic) bond motifs is 1. The molecule has 2 fully saturated rings. The summed E-state index contributed by atoms with van der Waals surface area (Å²) in [5, 5.41) is 3.62. The van der Waals surface area contributed by atoms with Crippen molar-refractivity contribution >= 4 is 34.4 Å². The molecule has 1 aromatic carbocycles.